The molecular weight excluding hydrogens is 278 g/mol. The lowest BCUT2D eigenvalue weighted by Gasteiger charge is -2.19. The quantitative estimate of drug-likeness (QED) is 0.811. The normalized spacial score (nSPS) is 19.2. The Hall–Kier alpha value is -1.15. The van der Waals surface area contributed by atoms with Gasteiger partial charge in [0.15, 0.2) is 0 Å². The second-order valence-electron chi connectivity index (χ2n) is 5.77. The highest BCUT2D eigenvalue weighted by Crippen LogP contribution is 2.21. The van der Waals surface area contributed by atoms with Crippen molar-refractivity contribution >= 4 is 17.7 Å². The standard InChI is InChI=1S/C12H21N5O2S/c1-12(2,3)17-11(14-15-16-17)20-8-10(18)13-7-9-5-4-6-19-9/h9H,4-8H2,1-3H3,(H,13,18). The third kappa shape index (κ3) is 4.17. The number of rotatable bonds is 5. The molecule has 0 aromatic carbocycles. The fraction of sp³-hybridized carbons (Fsp3) is 0.833. The largest absolute Gasteiger partial charge is 0.376 e. The third-order valence-electron chi connectivity index (χ3n) is 2.96. The number of carbonyl (C=O) groups is 1. The lowest BCUT2D eigenvalue weighted by atomic mass is 10.1. The van der Waals surface area contributed by atoms with E-state index in [1.165, 1.54) is 11.8 Å². The summed E-state index contributed by atoms with van der Waals surface area (Å²) in [6, 6.07) is 0. The highest BCUT2D eigenvalue weighted by molar-refractivity contribution is 7.99. The molecule has 0 spiro atoms. The topological polar surface area (TPSA) is 81.9 Å². The van der Waals surface area contributed by atoms with Crippen molar-refractivity contribution in [2.24, 2.45) is 0 Å². The summed E-state index contributed by atoms with van der Waals surface area (Å²) in [5.74, 6) is 0.289. The first-order chi connectivity index (χ1) is 9.47. The van der Waals surface area contributed by atoms with Crippen molar-refractivity contribution in [3.8, 4) is 0 Å². The molecule has 20 heavy (non-hydrogen) atoms. The van der Waals surface area contributed by atoms with Crippen LogP contribution in [0, 0.1) is 0 Å². The van der Waals surface area contributed by atoms with Crippen molar-refractivity contribution in [3.63, 3.8) is 0 Å². The SMILES string of the molecule is CC(C)(C)n1nnnc1SCC(=O)NCC1CCCO1. The Bertz CT molecular complexity index is 451. The van der Waals surface area contributed by atoms with Crippen LogP contribution in [0.4, 0.5) is 0 Å². The average molecular weight is 299 g/mol. The third-order valence-corrected chi connectivity index (χ3v) is 3.88. The Morgan fingerprint density at radius 3 is 3.00 bits per heavy atom. The molecule has 1 N–H and O–H groups in total. The van der Waals surface area contributed by atoms with Crippen LogP contribution in [-0.2, 0) is 15.1 Å². The Kier molecular flexibility index (Phi) is 4.98. The van der Waals surface area contributed by atoms with Crippen LogP contribution in [-0.4, -0.2) is 51.1 Å². The van der Waals surface area contributed by atoms with Gasteiger partial charge >= 0.3 is 0 Å². The first-order valence-corrected chi connectivity index (χ1v) is 7.75. The second kappa shape index (κ2) is 6.53. The van der Waals surface area contributed by atoms with E-state index < -0.39 is 0 Å². The van der Waals surface area contributed by atoms with E-state index in [2.05, 4.69) is 20.8 Å². The zero-order valence-electron chi connectivity index (χ0n) is 12.1. The summed E-state index contributed by atoms with van der Waals surface area (Å²) in [5, 5.41) is 15.1. The van der Waals surface area contributed by atoms with E-state index in [0.717, 1.165) is 19.4 Å². The van der Waals surface area contributed by atoms with E-state index in [1.807, 2.05) is 20.8 Å². The molecule has 7 nitrogen and oxygen atoms in total. The molecule has 1 aliphatic heterocycles. The van der Waals surface area contributed by atoms with Gasteiger partial charge in [-0.05, 0) is 44.0 Å². The van der Waals surface area contributed by atoms with E-state index in [4.69, 9.17) is 4.74 Å². The van der Waals surface area contributed by atoms with Crippen molar-refractivity contribution in [1.29, 1.82) is 0 Å². The van der Waals surface area contributed by atoms with Crippen molar-refractivity contribution in [3.05, 3.63) is 0 Å². The Labute approximate surface area is 122 Å². The summed E-state index contributed by atoms with van der Waals surface area (Å²) in [5.41, 5.74) is -0.194. The number of carbonyl (C=O) groups excluding carboxylic acids is 1. The number of amides is 1. The van der Waals surface area contributed by atoms with Crippen LogP contribution in [0.5, 0.6) is 0 Å². The second-order valence-corrected chi connectivity index (χ2v) is 6.71. The molecule has 1 aromatic heterocycles. The first-order valence-electron chi connectivity index (χ1n) is 6.77. The molecule has 1 aliphatic rings. The van der Waals surface area contributed by atoms with Crippen molar-refractivity contribution in [2.45, 2.75) is 50.4 Å². The molecule has 1 fully saturated rings. The van der Waals surface area contributed by atoms with Crippen LogP contribution in [0.3, 0.4) is 0 Å². The van der Waals surface area contributed by atoms with Gasteiger partial charge in [0.1, 0.15) is 0 Å². The number of nitrogens with zero attached hydrogens (tertiary/aromatic N) is 4. The summed E-state index contributed by atoms with van der Waals surface area (Å²) in [6.45, 7) is 7.44. The van der Waals surface area contributed by atoms with Crippen LogP contribution < -0.4 is 5.32 Å². The molecule has 2 rings (SSSR count). The highest BCUT2D eigenvalue weighted by atomic mass is 32.2. The minimum atomic E-state index is -0.194. The van der Waals surface area contributed by atoms with Gasteiger partial charge in [0.25, 0.3) is 0 Å². The van der Waals surface area contributed by atoms with Crippen molar-refractivity contribution in [1.82, 2.24) is 25.5 Å². The molecule has 0 radical (unpaired) electrons. The van der Waals surface area contributed by atoms with Gasteiger partial charge in [-0.3, -0.25) is 4.79 Å². The van der Waals surface area contributed by atoms with Gasteiger partial charge in [0, 0.05) is 13.2 Å². The molecule has 1 atom stereocenters. The summed E-state index contributed by atoms with van der Waals surface area (Å²) >= 11 is 1.35. The Morgan fingerprint density at radius 1 is 1.55 bits per heavy atom. The minimum Gasteiger partial charge on any atom is -0.376 e. The smallest absolute Gasteiger partial charge is 0.230 e. The average Bonchev–Trinajstić information content (AvgIpc) is 3.03. The van der Waals surface area contributed by atoms with Crippen molar-refractivity contribution in [2.75, 3.05) is 18.9 Å². The van der Waals surface area contributed by atoms with E-state index in [-0.39, 0.29) is 17.6 Å². The van der Waals surface area contributed by atoms with Gasteiger partial charge in [-0.2, -0.15) is 0 Å². The molecule has 0 saturated carbocycles. The van der Waals surface area contributed by atoms with Crippen LogP contribution >= 0.6 is 11.8 Å². The molecule has 1 unspecified atom stereocenters. The molecule has 2 heterocycles. The summed E-state index contributed by atoms with van der Waals surface area (Å²) < 4.78 is 7.19. The van der Waals surface area contributed by atoms with E-state index >= 15 is 0 Å². The maximum absolute atomic E-state index is 11.8. The lowest BCUT2D eigenvalue weighted by molar-refractivity contribution is -0.119. The molecule has 0 bridgehead atoms. The zero-order valence-corrected chi connectivity index (χ0v) is 12.9. The molecule has 8 heteroatoms. The van der Waals surface area contributed by atoms with Gasteiger partial charge in [-0.25, -0.2) is 4.68 Å². The number of ether oxygens (including phenoxy) is 1. The van der Waals surface area contributed by atoms with Gasteiger partial charge in [-0.15, -0.1) is 5.10 Å². The Morgan fingerprint density at radius 2 is 2.35 bits per heavy atom. The van der Waals surface area contributed by atoms with Gasteiger partial charge in [-0.1, -0.05) is 11.8 Å². The first kappa shape index (κ1) is 15.2. The number of hydrogen-bond acceptors (Lipinski definition) is 6. The van der Waals surface area contributed by atoms with Gasteiger partial charge in [0.2, 0.25) is 11.1 Å². The maximum Gasteiger partial charge on any atom is 0.230 e. The van der Waals surface area contributed by atoms with E-state index in [0.29, 0.717) is 17.5 Å². The molecular formula is C12H21N5O2S. The predicted molar refractivity (Wildman–Crippen MR) is 75.5 cm³/mol. The molecule has 1 aromatic rings. The van der Waals surface area contributed by atoms with E-state index in [1.54, 1.807) is 4.68 Å². The number of aromatic nitrogens is 4. The maximum atomic E-state index is 11.8. The monoisotopic (exact) mass is 299 g/mol. The molecule has 112 valence electrons. The summed E-state index contributed by atoms with van der Waals surface area (Å²) in [4.78, 5) is 11.8. The number of nitrogens with one attached hydrogen (secondary N) is 1. The summed E-state index contributed by atoms with van der Waals surface area (Å²) in [7, 11) is 0. The number of hydrogen-bond donors (Lipinski definition) is 1. The Balaban J connectivity index is 1.77. The summed E-state index contributed by atoms with van der Waals surface area (Å²) in [6.07, 6.45) is 2.27. The highest BCUT2D eigenvalue weighted by Gasteiger charge is 2.21. The number of thioether (sulfide) groups is 1. The lowest BCUT2D eigenvalue weighted by Crippen LogP contribution is -2.33. The molecule has 1 amide bonds. The van der Waals surface area contributed by atoms with Crippen LogP contribution in [0.1, 0.15) is 33.6 Å². The number of tetrazole rings is 1. The minimum absolute atomic E-state index is 0.0195. The van der Waals surface area contributed by atoms with E-state index in [9.17, 15) is 4.79 Å². The van der Waals surface area contributed by atoms with Gasteiger partial charge < -0.3 is 10.1 Å². The predicted octanol–water partition coefficient (Wildman–Crippen LogP) is 0.815. The van der Waals surface area contributed by atoms with Crippen LogP contribution in [0.25, 0.3) is 0 Å². The zero-order chi connectivity index (χ0) is 14.6. The van der Waals surface area contributed by atoms with Crippen LogP contribution in [0.2, 0.25) is 0 Å². The van der Waals surface area contributed by atoms with Crippen LogP contribution in [0.15, 0.2) is 5.16 Å². The fourth-order valence-corrected chi connectivity index (χ4v) is 2.79. The fourth-order valence-electron chi connectivity index (χ4n) is 1.90. The van der Waals surface area contributed by atoms with Gasteiger partial charge in [0.05, 0.1) is 17.4 Å². The molecule has 0 aliphatic carbocycles. The molecule has 1 saturated heterocycles. The van der Waals surface area contributed by atoms with Crippen molar-refractivity contribution < 1.29 is 9.53 Å².